The second-order valence-corrected chi connectivity index (χ2v) is 5.13. The summed E-state index contributed by atoms with van der Waals surface area (Å²) in [5, 5.41) is 11.4. The van der Waals surface area contributed by atoms with Gasteiger partial charge in [-0.15, -0.1) is 0 Å². The van der Waals surface area contributed by atoms with Gasteiger partial charge in [0.2, 0.25) is 0 Å². The number of fused-ring (bicyclic) bond motifs is 2. The molecule has 0 unspecified atom stereocenters. The molecule has 0 atom stereocenters. The van der Waals surface area contributed by atoms with Crippen LogP contribution in [0.2, 0.25) is 0 Å². The Kier molecular flexibility index (Phi) is 2.56. The van der Waals surface area contributed by atoms with Gasteiger partial charge in [-0.3, -0.25) is 0 Å². The molecule has 3 heterocycles. The zero-order valence-electron chi connectivity index (χ0n) is 11.8. The van der Waals surface area contributed by atoms with Gasteiger partial charge in [0.25, 0.3) is 0 Å². The van der Waals surface area contributed by atoms with Gasteiger partial charge in [-0.2, -0.15) is 0 Å². The van der Waals surface area contributed by atoms with Gasteiger partial charge < -0.3 is 14.1 Å². The van der Waals surface area contributed by atoms with Crippen molar-refractivity contribution in [3.8, 4) is 16.9 Å². The number of hydrogen-bond donors (Lipinski definition) is 1. The monoisotopic (exact) mass is 292 g/mol. The molecule has 1 N–H and O–H groups in total. The quantitative estimate of drug-likeness (QED) is 0.585. The first-order valence-electron chi connectivity index (χ1n) is 6.82. The minimum Gasteiger partial charge on any atom is -0.505 e. The molecule has 0 aliphatic rings. The molecule has 0 radical (unpaired) electrons. The number of hydrogen-bond acceptors (Lipinski definition) is 4. The third-order valence-electron chi connectivity index (χ3n) is 3.80. The average molecular weight is 292 g/mol. The first-order chi connectivity index (χ1) is 10.7. The summed E-state index contributed by atoms with van der Waals surface area (Å²) in [5.74, 6) is -0.150. The molecule has 3 aromatic heterocycles. The first kappa shape index (κ1) is 12.6. The molecule has 0 bridgehead atoms. The summed E-state index contributed by atoms with van der Waals surface area (Å²) in [6.07, 6.45) is 3.36. The van der Waals surface area contributed by atoms with Crippen molar-refractivity contribution >= 4 is 22.0 Å². The minimum atomic E-state index is -0.575. The Hall–Kier alpha value is -3.08. The number of benzene rings is 1. The lowest BCUT2D eigenvalue weighted by Crippen LogP contribution is -2.03. The second kappa shape index (κ2) is 4.46. The summed E-state index contributed by atoms with van der Waals surface area (Å²) < 4.78 is 7.21. The van der Waals surface area contributed by atoms with Crippen molar-refractivity contribution in [3.05, 3.63) is 59.2 Å². The minimum absolute atomic E-state index is 0.142. The molecule has 0 spiro atoms. The van der Waals surface area contributed by atoms with Crippen LogP contribution >= 0.6 is 0 Å². The summed E-state index contributed by atoms with van der Waals surface area (Å²) in [4.78, 5) is 16.4. The van der Waals surface area contributed by atoms with Gasteiger partial charge in [-0.05, 0) is 18.2 Å². The van der Waals surface area contributed by atoms with Gasteiger partial charge >= 0.3 is 5.63 Å². The fourth-order valence-electron chi connectivity index (χ4n) is 2.80. The predicted octanol–water partition coefficient (Wildman–Crippen LogP) is 3.05. The van der Waals surface area contributed by atoms with Crippen molar-refractivity contribution in [2.45, 2.75) is 0 Å². The normalized spacial score (nSPS) is 11.3. The van der Waals surface area contributed by atoms with Gasteiger partial charge in [-0.1, -0.05) is 18.2 Å². The van der Waals surface area contributed by atoms with Crippen LogP contribution in [-0.4, -0.2) is 14.7 Å². The number of aromatic nitrogens is 2. The highest BCUT2D eigenvalue weighted by Gasteiger charge is 2.20. The van der Waals surface area contributed by atoms with Crippen LogP contribution < -0.4 is 5.63 Å². The lowest BCUT2D eigenvalue weighted by Gasteiger charge is -2.04. The van der Waals surface area contributed by atoms with E-state index in [1.807, 2.05) is 42.1 Å². The van der Waals surface area contributed by atoms with E-state index in [1.54, 1.807) is 18.3 Å². The second-order valence-electron chi connectivity index (χ2n) is 5.13. The average Bonchev–Trinajstić information content (AvgIpc) is 2.85. The topological polar surface area (TPSA) is 68.3 Å². The van der Waals surface area contributed by atoms with Gasteiger partial charge in [-0.25, -0.2) is 9.78 Å². The van der Waals surface area contributed by atoms with Gasteiger partial charge in [0.1, 0.15) is 11.1 Å². The molecule has 0 amide bonds. The Morgan fingerprint density at radius 2 is 2.00 bits per heavy atom. The maximum Gasteiger partial charge on any atom is 0.348 e. The van der Waals surface area contributed by atoms with Crippen LogP contribution in [0.4, 0.5) is 0 Å². The van der Waals surface area contributed by atoms with Crippen LogP contribution in [0.1, 0.15) is 0 Å². The Morgan fingerprint density at radius 3 is 2.86 bits per heavy atom. The van der Waals surface area contributed by atoms with Crippen molar-refractivity contribution in [2.75, 3.05) is 0 Å². The van der Waals surface area contributed by atoms with Crippen LogP contribution in [0.5, 0.6) is 5.75 Å². The lowest BCUT2D eigenvalue weighted by molar-refractivity contribution is 0.469. The van der Waals surface area contributed by atoms with Crippen LogP contribution in [0, 0.1) is 0 Å². The third kappa shape index (κ3) is 1.65. The number of pyridine rings is 1. The van der Waals surface area contributed by atoms with E-state index in [-0.39, 0.29) is 22.4 Å². The van der Waals surface area contributed by atoms with Gasteiger partial charge in [0, 0.05) is 35.9 Å². The summed E-state index contributed by atoms with van der Waals surface area (Å²) in [6, 6.07) is 10.9. The molecule has 5 nitrogen and oxygen atoms in total. The van der Waals surface area contributed by atoms with E-state index in [2.05, 4.69) is 4.98 Å². The molecule has 4 aromatic rings. The fraction of sp³-hybridized carbons (Fsp3) is 0.0588. The van der Waals surface area contributed by atoms with E-state index >= 15 is 0 Å². The molecule has 0 aliphatic carbocycles. The Labute approximate surface area is 125 Å². The third-order valence-corrected chi connectivity index (χ3v) is 3.80. The van der Waals surface area contributed by atoms with Crippen molar-refractivity contribution in [3.63, 3.8) is 0 Å². The maximum atomic E-state index is 12.3. The molecule has 0 saturated carbocycles. The van der Waals surface area contributed by atoms with Crippen LogP contribution in [0.15, 0.2) is 58.0 Å². The molecule has 0 aliphatic heterocycles. The summed E-state index contributed by atoms with van der Waals surface area (Å²) in [6.45, 7) is 0. The molecule has 1 aromatic carbocycles. The van der Waals surface area contributed by atoms with Gasteiger partial charge in [0.05, 0.1) is 0 Å². The summed E-state index contributed by atoms with van der Waals surface area (Å²) >= 11 is 0. The molecular formula is C17H12N2O3. The van der Waals surface area contributed by atoms with Crippen molar-refractivity contribution in [1.29, 1.82) is 0 Å². The number of aromatic hydroxyl groups is 1. The van der Waals surface area contributed by atoms with Crippen molar-refractivity contribution in [1.82, 2.24) is 9.55 Å². The lowest BCUT2D eigenvalue weighted by atomic mass is 10.1. The molecule has 5 heteroatoms. The fourth-order valence-corrected chi connectivity index (χ4v) is 2.80. The molecule has 0 fully saturated rings. The van der Waals surface area contributed by atoms with Crippen LogP contribution in [-0.2, 0) is 7.05 Å². The largest absolute Gasteiger partial charge is 0.505 e. The van der Waals surface area contributed by atoms with E-state index in [1.165, 1.54) is 0 Å². The molecule has 108 valence electrons. The summed E-state index contributed by atoms with van der Waals surface area (Å²) in [7, 11) is 1.89. The smallest absolute Gasteiger partial charge is 0.348 e. The van der Waals surface area contributed by atoms with Crippen molar-refractivity contribution < 1.29 is 9.52 Å². The molecule has 22 heavy (non-hydrogen) atoms. The molecular weight excluding hydrogens is 280 g/mol. The number of aryl methyl sites for hydroxylation is 1. The highest BCUT2D eigenvalue weighted by molar-refractivity contribution is 5.99. The molecule has 0 saturated heterocycles. The van der Waals surface area contributed by atoms with E-state index in [9.17, 15) is 9.90 Å². The van der Waals surface area contributed by atoms with Crippen LogP contribution in [0.25, 0.3) is 33.1 Å². The highest BCUT2D eigenvalue weighted by atomic mass is 16.4. The number of nitrogens with zero attached hydrogens (tertiary/aromatic N) is 2. The predicted molar refractivity (Wildman–Crippen MR) is 83.9 cm³/mol. The van der Waals surface area contributed by atoms with E-state index in [4.69, 9.17) is 4.42 Å². The summed E-state index contributed by atoms with van der Waals surface area (Å²) in [5.41, 5.74) is 1.73. The van der Waals surface area contributed by atoms with E-state index in [0.29, 0.717) is 5.56 Å². The first-order valence-corrected chi connectivity index (χ1v) is 6.82. The Morgan fingerprint density at radius 1 is 1.18 bits per heavy atom. The highest BCUT2D eigenvalue weighted by Crippen LogP contribution is 2.36. The Balaban J connectivity index is 2.15. The zero-order chi connectivity index (χ0) is 15.3. The zero-order valence-corrected chi connectivity index (χ0v) is 11.8. The molecule has 4 rings (SSSR count). The number of para-hydroxylation sites is 1. The number of rotatable bonds is 1. The SMILES string of the molecule is Cn1cc(-c2c(O)c3ncccc3oc2=O)c2ccccc21. The van der Waals surface area contributed by atoms with Crippen molar-refractivity contribution in [2.24, 2.45) is 7.05 Å². The standard InChI is InChI=1S/C17H12N2O3/c1-19-9-11(10-5-2-3-6-12(10)19)14-16(20)15-13(22-17(14)21)7-4-8-18-15/h2-9,20H,1H3. The van der Waals surface area contributed by atoms with Crippen LogP contribution in [0.3, 0.4) is 0 Å². The van der Waals surface area contributed by atoms with Gasteiger partial charge in [0.15, 0.2) is 11.3 Å². The van der Waals surface area contributed by atoms with E-state index in [0.717, 1.165) is 10.9 Å². The maximum absolute atomic E-state index is 12.3. The Bertz CT molecular complexity index is 1080. The van der Waals surface area contributed by atoms with E-state index < -0.39 is 5.63 Å².